The molecule has 0 spiro atoms. The van der Waals surface area contributed by atoms with Crippen LogP contribution in [0.3, 0.4) is 0 Å². The Morgan fingerprint density at radius 1 is 0.783 bits per heavy atom. The van der Waals surface area contributed by atoms with Crippen LogP contribution in [0.1, 0.15) is 0 Å². The first-order valence-electron chi connectivity index (χ1n) is 7.46. The van der Waals surface area contributed by atoms with Crippen molar-refractivity contribution in [1.29, 1.82) is 0 Å². The van der Waals surface area contributed by atoms with Gasteiger partial charge in [0.2, 0.25) is 5.56 Å². The van der Waals surface area contributed by atoms with Crippen molar-refractivity contribution in [3.05, 3.63) is 89.3 Å². The van der Waals surface area contributed by atoms with Gasteiger partial charge in [0, 0.05) is 23.2 Å². The second-order valence-electron chi connectivity index (χ2n) is 5.36. The van der Waals surface area contributed by atoms with E-state index in [9.17, 15) is 4.79 Å². The summed E-state index contributed by atoms with van der Waals surface area (Å²) in [5, 5.41) is 0.990. The molecule has 2 aromatic carbocycles. The average molecular weight is 298 g/mol. The number of benzene rings is 2. The first-order valence-corrected chi connectivity index (χ1v) is 7.46. The van der Waals surface area contributed by atoms with Crippen molar-refractivity contribution >= 4 is 10.9 Å². The summed E-state index contributed by atoms with van der Waals surface area (Å²) in [5.74, 6) is 0. The zero-order valence-electron chi connectivity index (χ0n) is 12.4. The molecular formula is C20H14N2O. The highest BCUT2D eigenvalue weighted by molar-refractivity contribution is 6.00. The number of fused-ring (bicyclic) bond motifs is 1. The molecule has 1 N–H and O–H groups in total. The van der Waals surface area contributed by atoms with Crippen molar-refractivity contribution in [3.63, 3.8) is 0 Å². The van der Waals surface area contributed by atoms with Gasteiger partial charge in [-0.3, -0.25) is 9.78 Å². The predicted molar refractivity (Wildman–Crippen MR) is 93.2 cm³/mol. The Morgan fingerprint density at radius 3 is 2.13 bits per heavy atom. The van der Waals surface area contributed by atoms with Gasteiger partial charge in [0.05, 0.1) is 11.2 Å². The highest BCUT2D eigenvalue weighted by Crippen LogP contribution is 2.30. The Labute approximate surface area is 133 Å². The van der Waals surface area contributed by atoms with Crippen LogP contribution in [-0.2, 0) is 0 Å². The van der Waals surface area contributed by atoms with Gasteiger partial charge in [-0.25, -0.2) is 0 Å². The molecule has 3 heteroatoms. The van der Waals surface area contributed by atoms with Crippen molar-refractivity contribution in [2.75, 3.05) is 0 Å². The summed E-state index contributed by atoms with van der Waals surface area (Å²) in [4.78, 5) is 19.6. The summed E-state index contributed by atoms with van der Waals surface area (Å²) in [6.07, 6.45) is 1.79. The summed E-state index contributed by atoms with van der Waals surface area (Å²) in [7, 11) is 0. The van der Waals surface area contributed by atoms with Crippen LogP contribution in [0.5, 0.6) is 0 Å². The van der Waals surface area contributed by atoms with E-state index < -0.39 is 0 Å². The van der Waals surface area contributed by atoms with Crippen LogP contribution in [-0.4, -0.2) is 9.97 Å². The van der Waals surface area contributed by atoms with Gasteiger partial charge in [0.15, 0.2) is 0 Å². The number of nitrogens with one attached hydrogen (secondary N) is 1. The second kappa shape index (κ2) is 5.54. The third kappa shape index (κ3) is 2.42. The van der Waals surface area contributed by atoms with Crippen molar-refractivity contribution in [2.24, 2.45) is 0 Å². The van der Waals surface area contributed by atoms with E-state index in [1.54, 1.807) is 12.3 Å². The number of rotatable bonds is 2. The van der Waals surface area contributed by atoms with Crippen LogP contribution >= 0.6 is 0 Å². The molecule has 2 aromatic heterocycles. The smallest absolute Gasteiger partial charge is 0.249 e. The Morgan fingerprint density at radius 2 is 1.43 bits per heavy atom. The maximum Gasteiger partial charge on any atom is 0.249 e. The van der Waals surface area contributed by atoms with Crippen molar-refractivity contribution < 1.29 is 0 Å². The Bertz CT molecular complexity index is 1020. The summed E-state index contributed by atoms with van der Waals surface area (Å²) in [6.45, 7) is 0. The molecule has 3 nitrogen and oxygen atoms in total. The zero-order chi connectivity index (χ0) is 15.6. The highest BCUT2D eigenvalue weighted by Gasteiger charge is 2.11. The van der Waals surface area contributed by atoms with E-state index in [-0.39, 0.29) is 5.56 Å². The molecule has 0 unspecified atom stereocenters. The van der Waals surface area contributed by atoms with Crippen LogP contribution in [0, 0.1) is 0 Å². The fourth-order valence-electron chi connectivity index (χ4n) is 2.85. The van der Waals surface area contributed by atoms with E-state index in [0.29, 0.717) is 0 Å². The molecule has 0 bridgehead atoms. The normalized spacial score (nSPS) is 10.8. The largest absolute Gasteiger partial charge is 0.320 e. The number of aromatic amines is 1. The van der Waals surface area contributed by atoms with Gasteiger partial charge in [-0.05, 0) is 17.2 Å². The zero-order valence-corrected chi connectivity index (χ0v) is 12.4. The number of hydrogen-bond acceptors (Lipinski definition) is 2. The predicted octanol–water partition coefficient (Wildman–Crippen LogP) is 4.26. The Kier molecular flexibility index (Phi) is 3.24. The van der Waals surface area contributed by atoms with Crippen LogP contribution in [0.25, 0.3) is 33.3 Å². The van der Waals surface area contributed by atoms with E-state index in [0.717, 1.165) is 33.3 Å². The molecule has 0 aliphatic heterocycles. The summed E-state index contributed by atoms with van der Waals surface area (Å²) in [5.41, 5.74) is 4.36. The SMILES string of the molecule is O=c1cc(-c2ccccc2)c2ccnc(-c3ccccc3)c2[nH]1. The second-order valence-corrected chi connectivity index (χ2v) is 5.36. The molecule has 2 heterocycles. The standard InChI is InChI=1S/C20H14N2O/c23-18-13-17(14-7-3-1-4-8-14)16-11-12-21-19(20(16)22-18)15-9-5-2-6-10-15/h1-13H,(H,22,23). The molecule has 0 saturated carbocycles. The molecule has 23 heavy (non-hydrogen) atoms. The van der Waals surface area contributed by atoms with Crippen LogP contribution in [0.4, 0.5) is 0 Å². The lowest BCUT2D eigenvalue weighted by Gasteiger charge is -2.10. The van der Waals surface area contributed by atoms with Gasteiger partial charge >= 0.3 is 0 Å². The maximum absolute atomic E-state index is 12.2. The van der Waals surface area contributed by atoms with E-state index in [2.05, 4.69) is 9.97 Å². The number of H-pyrrole nitrogens is 1. The summed E-state index contributed by atoms with van der Waals surface area (Å²) < 4.78 is 0. The van der Waals surface area contributed by atoms with E-state index in [4.69, 9.17) is 0 Å². The molecular weight excluding hydrogens is 284 g/mol. The molecule has 0 aliphatic rings. The minimum atomic E-state index is -0.124. The molecule has 0 amide bonds. The molecule has 110 valence electrons. The summed E-state index contributed by atoms with van der Waals surface area (Å²) in [6, 6.07) is 23.4. The topological polar surface area (TPSA) is 45.8 Å². The third-order valence-electron chi connectivity index (χ3n) is 3.90. The monoisotopic (exact) mass is 298 g/mol. The fourth-order valence-corrected chi connectivity index (χ4v) is 2.85. The third-order valence-corrected chi connectivity index (χ3v) is 3.90. The van der Waals surface area contributed by atoms with Gasteiger partial charge in [-0.1, -0.05) is 60.7 Å². The highest BCUT2D eigenvalue weighted by atomic mass is 16.1. The Hall–Kier alpha value is -3.20. The lowest BCUT2D eigenvalue weighted by molar-refractivity contribution is 1.26. The van der Waals surface area contributed by atoms with Gasteiger partial charge in [-0.2, -0.15) is 0 Å². The van der Waals surface area contributed by atoms with Crippen LogP contribution < -0.4 is 5.56 Å². The maximum atomic E-state index is 12.2. The van der Waals surface area contributed by atoms with Crippen molar-refractivity contribution in [2.45, 2.75) is 0 Å². The minimum absolute atomic E-state index is 0.124. The number of hydrogen-bond donors (Lipinski definition) is 1. The van der Waals surface area contributed by atoms with Gasteiger partial charge in [0.25, 0.3) is 0 Å². The lowest BCUT2D eigenvalue weighted by atomic mass is 10.00. The fraction of sp³-hybridized carbons (Fsp3) is 0. The van der Waals surface area contributed by atoms with Gasteiger partial charge in [0.1, 0.15) is 0 Å². The number of aromatic nitrogens is 2. The van der Waals surface area contributed by atoms with E-state index in [1.165, 1.54) is 0 Å². The van der Waals surface area contributed by atoms with Crippen LogP contribution in [0.2, 0.25) is 0 Å². The van der Waals surface area contributed by atoms with E-state index >= 15 is 0 Å². The molecule has 4 aromatic rings. The molecule has 0 saturated heterocycles. The van der Waals surface area contributed by atoms with Gasteiger partial charge < -0.3 is 4.98 Å². The molecule has 0 fully saturated rings. The Balaban J connectivity index is 2.07. The number of nitrogens with zero attached hydrogens (tertiary/aromatic N) is 1. The average Bonchev–Trinajstić information content (AvgIpc) is 2.62. The van der Waals surface area contributed by atoms with Crippen molar-refractivity contribution in [1.82, 2.24) is 9.97 Å². The molecule has 0 atom stereocenters. The molecule has 4 rings (SSSR count). The minimum Gasteiger partial charge on any atom is -0.320 e. The van der Waals surface area contributed by atoms with Gasteiger partial charge in [-0.15, -0.1) is 0 Å². The molecule has 0 radical (unpaired) electrons. The van der Waals surface area contributed by atoms with E-state index in [1.807, 2.05) is 66.7 Å². The first kappa shape index (κ1) is 13.5. The van der Waals surface area contributed by atoms with Crippen LogP contribution in [0.15, 0.2) is 83.8 Å². The quantitative estimate of drug-likeness (QED) is 0.601. The lowest BCUT2D eigenvalue weighted by Crippen LogP contribution is -2.06. The number of pyridine rings is 2. The van der Waals surface area contributed by atoms with Crippen molar-refractivity contribution in [3.8, 4) is 22.4 Å². The first-order chi connectivity index (χ1) is 11.3. The summed E-state index contributed by atoms with van der Waals surface area (Å²) >= 11 is 0. The molecule has 0 aliphatic carbocycles.